The zero-order valence-electron chi connectivity index (χ0n) is 12.0. The van der Waals surface area contributed by atoms with Crippen LogP contribution < -0.4 is 5.32 Å². The predicted molar refractivity (Wildman–Crippen MR) is 77.3 cm³/mol. The van der Waals surface area contributed by atoms with Crippen molar-refractivity contribution in [2.24, 2.45) is 0 Å². The SMILES string of the molecule is Cc1cc(-n2cc(CNC3CC3)nn2)c([N+](=O)[O-])cc1C. The number of rotatable bonds is 5. The standard InChI is InChI=1S/C14H17N5O2/c1-9-5-13(14(19(20)21)6-10(9)2)18-8-12(16-17-18)7-15-11-3-4-11/h5-6,8,11,15H,3-4,7H2,1-2H3. The van der Waals surface area contributed by atoms with Crippen LogP contribution in [0.15, 0.2) is 18.3 Å². The second-order valence-electron chi connectivity index (χ2n) is 5.49. The molecule has 1 aromatic carbocycles. The van der Waals surface area contributed by atoms with Gasteiger partial charge in [0.15, 0.2) is 0 Å². The van der Waals surface area contributed by atoms with E-state index in [0.29, 0.717) is 18.3 Å². The first-order valence-electron chi connectivity index (χ1n) is 6.95. The van der Waals surface area contributed by atoms with Gasteiger partial charge in [-0.3, -0.25) is 10.1 Å². The number of benzene rings is 1. The monoisotopic (exact) mass is 287 g/mol. The van der Waals surface area contributed by atoms with E-state index in [9.17, 15) is 10.1 Å². The normalized spacial score (nSPS) is 14.4. The maximum absolute atomic E-state index is 11.2. The van der Waals surface area contributed by atoms with Gasteiger partial charge in [-0.05, 0) is 43.9 Å². The largest absolute Gasteiger partial charge is 0.308 e. The Bertz CT molecular complexity index is 691. The molecule has 0 aliphatic heterocycles. The Morgan fingerprint density at radius 1 is 1.38 bits per heavy atom. The van der Waals surface area contributed by atoms with Crippen molar-refractivity contribution in [2.75, 3.05) is 0 Å². The number of aromatic nitrogens is 3. The number of nitro benzene ring substituents is 1. The fraction of sp³-hybridized carbons (Fsp3) is 0.429. The van der Waals surface area contributed by atoms with Crippen LogP contribution in [-0.2, 0) is 6.54 Å². The van der Waals surface area contributed by atoms with Gasteiger partial charge in [0.1, 0.15) is 5.69 Å². The average Bonchev–Trinajstić information content (AvgIpc) is 3.16. The Morgan fingerprint density at radius 2 is 2.10 bits per heavy atom. The molecule has 1 heterocycles. The third kappa shape index (κ3) is 2.92. The lowest BCUT2D eigenvalue weighted by Crippen LogP contribution is -2.15. The Hall–Kier alpha value is -2.28. The molecular weight excluding hydrogens is 270 g/mol. The van der Waals surface area contributed by atoms with E-state index >= 15 is 0 Å². The van der Waals surface area contributed by atoms with Crippen LogP contribution in [0.4, 0.5) is 5.69 Å². The van der Waals surface area contributed by atoms with Gasteiger partial charge in [0.05, 0.1) is 16.8 Å². The van der Waals surface area contributed by atoms with Crippen LogP contribution in [0.1, 0.15) is 29.7 Å². The number of nitrogens with one attached hydrogen (secondary N) is 1. The molecule has 21 heavy (non-hydrogen) atoms. The summed E-state index contributed by atoms with van der Waals surface area (Å²) >= 11 is 0. The van der Waals surface area contributed by atoms with Gasteiger partial charge in [0, 0.05) is 18.7 Å². The van der Waals surface area contributed by atoms with Crippen molar-refractivity contribution in [1.82, 2.24) is 20.3 Å². The van der Waals surface area contributed by atoms with Crippen molar-refractivity contribution in [2.45, 2.75) is 39.3 Å². The molecule has 1 fully saturated rings. The minimum absolute atomic E-state index is 0.0460. The second-order valence-corrected chi connectivity index (χ2v) is 5.49. The molecule has 1 N–H and O–H groups in total. The molecule has 0 radical (unpaired) electrons. The van der Waals surface area contributed by atoms with Crippen molar-refractivity contribution < 1.29 is 4.92 Å². The van der Waals surface area contributed by atoms with Crippen LogP contribution in [0.3, 0.4) is 0 Å². The second kappa shape index (κ2) is 5.25. The zero-order chi connectivity index (χ0) is 15.0. The van der Waals surface area contributed by atoms with Gasteiger partial charge in [0.25, 0.3) is 5.69 Å². The molecule has 0 atom stereocenters. The Kier molecular flexibility index (Phi) is 3.42. The van der Waals surface area contributed by atoms with Gasteiger partial charge in [0.2, 0.25) is 0 Å². The van der Waals surface area contributed by atoms with Crippen LogP contribution in [-0.4, -0.2) is 26.0 Å². The molecule has 7 heteroatoms. The maximum Gasteiger partial charge on any atom is 0.295 e. The number of hydrogen-bond donors (Lipinski definition) is 1. The molecule has 110 valence electrons. The van der Waals surface area contributed by atoms with E-state index in [4.69, 9.17) is 0 Å². The summed E-state index contributed by atoms with van der Waals surface area (Å²) < 4.78 is 1.48. The van der Waals surface area contributed by atoms with E-state index in [1.165, 1.54) is 17.5 Å². The van der Waals surface area contributed by atoms with Gasteiger partial charge < -0.3 is 5.32 Å². The molecule has 1 aliphatic rings. The minimum atomic E-state index is -0.383. The van der Waals surface area contributed by atoms with Gasteiger partial charge in [-0.25, -0.2) is 4.68 Å². The molecule has 1 aromatic heterocycles. The van der Waals surface area contributed by atoms with E-state index < -0.39 is 0 Å². The molecule has 0 unspecified atom stereocenters. The highest BCUT2D eigenvalue weighted by atomic mass is 16.6. The van der Waals surface area contributed by atoms with Gasteiger partial charge in [-0.15, -0.1) is 5.10 Å². The van der Waals surface area contributed by atoms with Gasteiger partial charge >= 0.3 is 0 Å². The smallest absolute Gasteiger partial charge is 0.295 e. The summed E-state index contributed by atoms with van der Waals surface area (Å²) in [5, 5.41) is 22.7. The van der Waals surface area contributed by atoms with Crippen molar-refractivity contribution in [1.29, 1.82) is 0 Å². The summed E-state index contributed by atoms with van der Waals surface area (Å²) in [5.74, 6) is 0. The summed E-state index contributed by atoms with van der Waals surface area (Å²) in [6.07, 6.45) is 4.15. The molecule has 0 bridgehead atoms. The predicted octanol–water partition coefficient (Wildman–Crippen LogP) is 2.04. The highest BCUT2D eigenvalue weighted by Crippen LogP contribution is 2.26. The van der Waals surface area contributed by atoms with E-state index in [-0.39, 0.29) is 10.6 Å². The van der Waals surface area contributed by atoms with Gasteiger partial charge in [-0.1, -0.05) is 5.21 Å². The van der Waals surface area contributed by atoms with Crippen LogP contribution in [0.2, 0.25) is 0 Å². The van der Waals surface area contributed by atoms with E-state index in [2.05, 4.69) is 15.6 Å². The molecule has 2 aromatic rings. The highest BCUT2D eigenvalue weighted by Gasteiger charge is 2.21. The first-order chi connectivity index (χ1) is 10.0. The molecule has 0 saturated heterocycles. The van der Waals surface area contributed by atoms with E-state index in [1.807, 2.05) is 13.8 Å². The van der Waals surface area contributed by atoms with Gasteiger partial charge in [-0.2, -0.15) is 0 Å². The first-order valence-corrected chi connectivity index (χ1v) is 6.95. The molecule has 0 spiro atoms. The molecular formula is C14H17N5O2. The van der Waals surface area contributed by atoms with Crippen molar-refractivity contribution in [3.8, 4) is 5.69 Å². The topological polar surface area (TPSA) is 85.9 Å². The third-order valence-electron chi connectivity index (χ3n) is 3.72. The summed E-state index contributed by atoms with van der Waals surface area (Å²) in [5.41, 5.74) is 3.16. The lowest BCUT2D eigenvalue weighted by Gasteiger charge is -2.06. The molecule has 0 amide bonds. The summed E-state index contributed by atoms with van der Waals surface area (Å²) in [6, 6.07) is 3.94. The number of aryl methyl sites for hydroxylation is 2. The first kappa shape index (κ1) is 13.7. The highest BCUT2D eigenvalue weighted by molar-refractivity contribution is 5.56. The number of nitro groups is 1. The van der Waals surface area contributed by atoms with E-state index in [1.54, 1.807) is 18.3 Å². The van der Waals surface area contributed by atoms with Crippen molar-refractivity contribution >= 4 is 5.69 Å². The fourth-order valence-corrected chi connectivity index (χ4v) is 2.15. The van der Waals surface area contributed by atoms with Crippen LogP contribution >= 0.6 is 0 Å². The molecule has 7 nitrogen and oxygen atoms in total. The third-order valence-corrected chi connectivity index (χ3v) is 3.72. The lowest BCUT2D eigenvalue weighted by atomic mass is 10.1. The van der Waals surface area contributed by atoms with Crippen LogP contribution in [0.25, 0.3) is 5.69 Å². The van der Waals surface area contributed by atoms with Crippen molar-refractivity contribution in [3.05, 3.63) is 45.3 Å². The lowest BCUT2D eigenvalue weighted by molar-refractivity contribution is -0.384. The number of nitrogens with zero attached hydrogens (tertiary/aromatic N) is 4. The molecule has 3 rings (SSSR count). The summed E-state index contributed by atoms with van der Waals surface area (Å²) in [6.45, 7) is 4.43. The van der Waals surface area contributed by atoms with E-state index in [0.717, 1.165) is 16.8 Å². The van der Waals surface area contributed by atoms with Crippen LogP contribution in [0, 0.1) is 24.0 Å². The Morgan fingerprint density at radius 3 is 2.76 bits per heavy atom. The number of hydrogen-bond acceptors (Lipinski definition) is 5. The van der Waals surface area contributed by atoms with Crippen LogP contribution in [0.5, 0.6) is 0 Å². The molecule has 1 saturated carbocycles. The Balaban J connectivity index is 1.91. The summed E-state index contributed by atoms with van der Waals surface area (Å²) in [7, 11) is 0. The molecule has 1 aliphatic carbocycles. The minimum Gasteiger partial charge on any atom is -0.308 e. The van der Waals surface area contributed by atoms with Crippen molar-refractivity contribution in [3.63, 3.8) is 0 Å². The fourth-order valence-electron chi connectivity index (χ4n) is 2.15. The average molecular weight is 287 g/mol. The quantitative estimate of drug-likeness (QED) is 0.672. The maximum atomic E-state index is 11.2. The summed E-state index contributed by atoms with van der Waals surface area (Å²) in [4.78, 5) is 10.8. The Labute approximate surface area is 122 Å². The zero-order valence-corrected chi connectivity index (χ0v) is 12.0.